The largest absolute Gasteiger partial charge is 0.484 e. The van der Waals surface area contributed by atoms with Gasteiger partial charge in [-0.2, -0.15) is 0 Å². The molecule has 0 aromatic heterocycles. The monoisotopic (exact) mass is 520 g/mol. The third kappa shape index (κ3) is 8.64. The number of halogens is 1. The first kappa shape index (κ1) is 28.3. The number of carbonyl (C=O) groups is 2. The van der Waals surface area contributed by atoms with Crippen LogP contribution in [0.15, 0.2) is 78.9 Å². The highest BCUT2D eigenvalue weighted by atomic mass is 35.5. The summed E-state index contributed by atoms with van der Waals surface area (Å²) in [5.74, 6) is 0.589. The van der Waals surface area contributed by atoms with E-state index in [1.54, 1.807) is 17.0 Å². The summed E-state index contributed by atoms with van der Waals surface area (Å²) in [4.78, 5) is 28.8. The Morgan fingerprint density at radius 2 is 1.54 bits per heavy atom. The van der Waals surface area contributed by atoms with Crippen molar-refractivity contribution in [1.29, 1.82) is 0 Å². The van der Waals surface area contributed by atoms with Crippen molar-refractivity contribution in [1.82, 2.24) is 10.2 Å². The lowest BCUT2D eigenvalue weighted by Gasteiger charge is -2.32. The normalized spacial score (nSPS) is 12.6. The van der Waals surface area contributed by atoms with Crippen LogP contribution in [0, 0.1) is 0 Å². The second-order valence-electron chi connectivity index (χ2n) is 9.68. The van der Waals surface area contributed by atoms with E-state index < -0.39 is 6.04 Å². The molecule has 0 bridgehead atoms. The molecule has 0 aliphatic rings. The molecule has 0 radical (unpaired) electrons. The molecule has 3 aromatic carbocycles. The second kappa shape index (κ2) is 13.8. The molecule has 37 heavy (non-hydrogen) atoms. The maximum absolute atomic E-state index is 13.6. The molecular weight excluding hydrogens is 484 g/mol. The van der Waals surface area contributed by atoms with Crippen LogP contribution in [0.25, 0.3) is 0 Å². The minimum atomic E-state index is -0.702. The Hall–Kier alpha value is -3.31. The number of ether oxygens (including phenoxy) is 1. The lowest BCUT2D eigenvalue weighted by molar-refractivity contribution is -0.143. The summed E-state index contributed by atoms with van der Waals surface area (Å²) in [7, 11) is 0. The van der Waals surface area contributed by atoms with Gasteiger partial charge in [0.25, 0.3) is 5.91 Å². The van der Waals surface area contributed by atoms with E-state index in [1.165, 1.54) is 5.56 Å². The molecule has 0 aliphatic carbocycles. The quantitative estimate of drug-likeness (QED) is 0.301. The van der Waals surface area contributed by atoms with Gasteiger partial charge < -0.3 is 15.0 Å². The summed E-state index contributed by atoms with van der Waals surface area (Å²) in [6, 6.07) is 24.2. The fraction of sp³-hybridized carbons (Fsp3) is 0.355. The molecule has 3 rings (SSSR count). The molecule has 0 saturated heterocycles. The third-order valence-corrected chi connectivity index (χ3v) is 6.70. The number of rotatable bonds is 12. The van der Waals surface area contributed by atoms with Gasteiger partial charge in [0.05, 0.1) is 0 Å². The lowest BCUT2D eigenvalue weighted by Crippen LogP contribution is -2.53. The Bertz CT molecular complexity index is 1130. The molecule has 0 heterocycles. The van der Waals surface area contributed by atoms with Crippen molar-refractivity contribution in [2.45, 2.75) is 65.1 Å². The standard InChI is InChI=1S/C31H37ClN2O3/c1-5-23(4)33-31(36)29(19-24-9-7-6-8-10-24)34(20-25-11-15-27(32)16-12-25)30(35)21-37-28-17-13-26(14-18-28)22(2)3/h6-18,22-23,29H,5,19-21H2,1-4H3,(H,33,36)/t23-,29+/m0/s1. The summed E-state index contributed by atoms with van der Waals surface area (Å²) in [6.07, 6.45) is 1.19. The first-order valence-corrected chi connectivity index (χ1v) is 13.3. The molecular formula is C31H37ClN2O3. The van der Waals surface area contributed by atoms with Crippen LogP contribution in [0.5, 0.6) is 5.75 Å². The van der Waals surface area contributed by atoms with Gasteiger partial charge in [0.1, 0.15) is 11.8 Å². The SMILES string of the molecule is CC[C@H](C)NC(=O)[C@@H](Cc1ccccc1)N(Cc1ccc(Cl)cc1)C(=O)COc1ccc(C(C)C)cc1. The molecule has 2 amide bonds. The molecule has 2 atom stereocenters. The molecule has 3 aromatic rings. The zero-order chi connectivity index (χ0) is 26.8. The Labute approximate surface area is 225 Å². The van der Waals surface area contributed by atoms with E-state index in [2.05, 4.69) is 19.2 Å². The van der Waals surface area contributed by atoms with Crippen molar-refractivity contribution >= 4 is 23.4 Å². The van der Waals surface area contributed by atoms with Gasteiger partial charge in [-0.15, -0.1) is 0 Å². The Morgan fingerprint density at radius 3 is 2.14 bits per heavy atom. The van der Waals surface area contributed by atoms with Crippen LogP contribution in [0.3, 0.4) is 0 Å². The van der Waals surface area contributed by atoms with Crippen molar-refractivity contribution < 1.29 is 14.3 Å². The zero-order valence-corrected chi connectivity index (χ0v) is 22.9. The first-order valence-electron chi connectivity index (χ1n) is 12.9. The Balaban J connectivity index is 1.88. The van der Waals surface area contributed by atoms with Gasteiger partial charge >= 0.3 is 0 Å². The van der Waals surface area contributed by atoms with E-state index >= 15 is 0 Å². The summed E-state index contributed by atoms with van der Waals surface area (Å²) < 4.78 is 5.88. The van der Waals surface area contributed by atoms with Crippen LogP contribution in [0.2, 0.25) is 5.02 Å². The highest BCUT2D eigenvalue weighted by molar-refractivity contribution is 6.30. The topological polar surface area (TPSA) is 58.6 Å². The molecule has 0 unspecified atom stereocenters. The Kier molecular flexibility index (Phi) is 10.6. The van der Waals surface area contributed by atoms with Crippen molar-refractivity contribution in [2.75, 3.05) is 6.61 Å². The van der Waals surface area contributed by atoms with E-state index in [4.69, 9.17) is 16.3 Å². The van der Waals surface area contributed by atoms with E-state index in [9.17, 15) is 9.59 Å². The van der Waals surface area contributed by atoms with Gasteiger partial charge in [0, 0.05) is 24.0 Å². The molecule has 0 saturated carbocycles. The smallest absolute Gasteiger partial charge is 0.261 e. The average Bonchev–Trinajstić information content (AvgIpc) is 2.91. The van der Waals surface area contributed by atoms with Crippen molar-refractivity contribution in [3.8, 4) is 5.75 Å². The van der Waals surface area contributed by atoms with E-state index in [0.29, 0.717) is 23.1 Å². The minimum absolute atomic E-state index is 0.00557. The van der Waals surface area contributed by atoms with Crippen molar-refractivity contribution in [3.63, 3.8) is 0 Å². The predicted octanol–water partition coefficient (Wildman–Crippen LogP) is 6.40. The molecule has 5 nitrogen and oxygen atoms in total. The second-order valence-corrected chi connectivity index (χ2v) is 10.1. The first-order chi connectivity index (χ1) is 17.8. The summed E-state index contributed by atoms with van der Waals surface area (Å²) in [6.45, 7) is 8.34. The van der Waals surface area contributed by atoms with Crippen LogP contribution < -0.4 is 10.1 Å². The number of nitrogens with one attached hydrogen (secondary N) is 1. The number of hydrogen-bond donors (Lipinski definition) is 1. The maximum Gasteiger partial charge on any atom is 0.261 e. The molecule has 196 valence electrons. The third-order valence-electron chi connectivity index (χ3n) is 6.45. The van der Waals surface area contributed by atoms with Crippen LogP contribution in [-0.2, 0) is 22.6 Å². The van der Waals surface area contributed by atoms with Crippen LogP contribution >= 0.6 is 11.6 Å². The molecule has 0 aliphatic heterocycles. The minimum Gasteiger partial charge on any atom is -0.484 e. The van der Waals surface area contributed by atoms with Gasteiger partial charge in [-0.3, -0.25) is 9.59 Å². The number of carbonyl (C=O) groups excluding carboxylic acids is 2. The predicted molar refractivity (Wildman–Crippen MR) is 150 cm³/mol. The highest BCUT2D eigenvalue weighted by Gasteiger charge is 2.31. The highest BCUT2D eigenvalue weighted by Crippen LogP contribution is 2.20. The number of nitrogens with zero attached hydrogens (tertiary/aromatic N) is 1. The fourth-order valence-corrected chi connectivity index (χ4v) is 4.08. The Morgan fingerprint density at radius 1 is 0.892 bits per heavy atom. The summed E-state index contributed by atoms with van der Waals surface area (Å²) >= 11 is 6.09. The van der Waals surface area contributed by atoms with Gasteiger partial charge in [0.2, 0.25) is 5.91 Å². The number of benzene rings is 3. The van der Waals surface area contributed by atoms with Gasteiger partial charge in [0.15, 0.2) is 6.61 Å². The van der Waals surface area contributed by atoms with E-state index in [0.717, 1.165) is 17.5 Å². The van der Waals surface area contributed by atoms with Crippen LogP contribution in [0.1, 0.15) is 56.7 Å². The zero-order valence-electron chi connectivity index (χ0n) is 22.1. The average molecular weight is 521 g/mol. The lowest BCUT2D eigenvalue weighted by atomic mass is 10.0. The van der Waals surface area contributed by atoms with Crippen molar-refractivity contribution in [2.24, 2.45) is 0 Å². The maximum atomic E-state index is 13.6. The molecule has 6 heteroatoms. The fourth-order valence-electron chi connectivity index (χ4n) is 3.96. The number of hydrogen-bond acceptors (Lipinski definition) is 3. The molecule has 1 N–H and O–H groups in total. The summed E-state index contributed by atoms with van der Waals surface area (Å²) in [5, 5.41) is 3.69. The van der Waals surface area contributed by atoms with Gasteiger partial charge in [-0.25, -0.2) is 0 Å². The van der Waals surface area contributed by atoms with Crippen molar-refractivity contribution in [3.05, 3.63) is 101 Å². The van der Waals surface area contributed by atoms with Gasteiger partial charge in [-0.05, 0) is 60.2 Å². The van der Waals surface area contributed by atoms with E-state index in [-0.39, 0.29) is 31.0 Å². The molecule has 0 fully saturated rings. The van der Waals surface area contributed by atoms with Gasteiger partial charge in [-0.1, -0.05) is 87.0 Å². The van der Waals surface area contributed by atoms with Crippen LogP contribution in [0.4, 0.5) is 0 Å². The van der Waals surface area contributed by atoms with E-state index in [1.807, 2.05) is 80.6 Å². The molecule has 0 spiro atoms. The summed E-state index contributed by atoms with van der Waals surface area (Å²) in [5.41, 5.74) is 3.06. The van der Waals surface area contributed by atoms with Crippen LogP contribution in [-0.4, -0.2) is 35.4 Å². The number of amides is 2.